The highest BCUT2D eigenvalue weighted by atomic mass is 16.5. The van der Waals surface area contributed by atoms with E-state index in [1.165, 1.54) is 6.08 Å². The Morgan fingerprint density at radius 1 is 0.889 bits per heavy atom. The molecule has 188 valence electrons. The first kappa shape index (κ1) is 26.4. The number of hydrogen-bond donors (Lipinski definition) is 1. The minimum absolute atomic E-state index is 0.176. The van der Waals surface area contributed by atoms with E-state index in [1.807, 2.05) is 80.6 Å². The molecule has 0 aliphatic rings. The van der Waals surface area contributed by atoms with Gasteiger partial charge in [0.15, 0.2) is 11.5 Å². The number of carbonyl (C=O) groups excluding carboxylic acids is 1. The van der Waals surface area contributed by atoms with E-state index in [-0.39, 0.29) is 5.91 Å². The van der Waals surface area contributed by atoms with Crippen molar-refractivity contribution in [2.75, 3.05) is 20.8 Å². The maximum Gasteiger partial charge on any atom is 0.244 e. The summed E-state index contributed by atoms with van der Waals surface area (Å²) in [5, 5.41) is 3.79. The molecule has 6 heteroatoms. The third kappa shape index (κ3) is 6.92. The van der Waals surface area contributed by atoms with Gasteiger partial charge in [-0.15, -0.1) is 0 Å². The highest BCUT2D eigenvalue weighted by Crippen LogP contribution is 2.30. The Bertz CT molecular complexity index is 1280. The van der Waals surface area contributed by atoms with Crippen molar-refractivity contribution in [3.05, 3.63) is 95.8 Å². The van der Waals surface area contributed by atoms with E-state index in [1.54, 1.807) is 26.6 Å². The topological polar surface area (TPSA) is 69.9 Å². The van der Waals surface area contributed by atoms with Gasteiger partial charge in [-0.05, 0) is 54.0 Å². The fraction of sp³-hybridized carbons (Fsp3) is 0.233. The van der Waals surface area contributed by atoms with E-state index in [9.17, 15) is 4.79 Å². The third-order valence-electron chi connectivity index (χ3n) is 5.42. The third-order valence-corrected chi connectivity index (χ3v) is 5.42. The van der Waals surface area contributed by atoms with Crippen molar-refractivity contribution in [2.45, 2.75) is 26.9 Å². The summed E-state index contributed by atoms with van der Waals surface area (Å²) >= 11 is 0. The molecule has 0 spiro atoms. The van der Waals surface area contributed by atoms with Gasteiger partial charge >= 0.3 is 0 Å². The average Bonchev–Trinajstić information content (AvgIpc) is 3.43. The number of fused-ring (bicyclic) bond motifs is 1. The van der Waals surface area contributed by atoms with E-state index >= 15 is 0 Å². The standard InChI is InChI=1S/C28H27NO5.C2H6/c1-31-24-12-9-22(28-23(24)15-17-33-28)10-13-27(30)29-16-14-20-8-11-25(32-2)26(18-20)34-19-21-6-4-3-5-7-21;1-2/h3-13,15,17-18H,14,16,19H2,1-2H3,(H,29,30);1-2H3/b13-10+;. The summed E-state index contributed by atoms with van der Waals surface area (Å²) in [5.74, 6) is 1.91. The maximum absolute atomic E-state index is 12.3. The van der Waals surface area contributed by atoms with Gasteiger partial charge in [0, 0.05) is 18.2 Å². The highest BCUT2D eigenvalue weighted by molar-refractivity contribution is 5.96. The second-order valence-electron chi connectivity index (χ2n) is 7.65. The highest BCUT2D eigenvalue weighted by Gasteiger charge is 2.09. The zero-order chi connectivity index (χ0) is 25.8. The molecule has 0 bridgehead atoms. The van der Waals surface area contributed by atoms with Gasteiger partial charge in [0.1, 0.15) is 17.9 Å². The molecule has 0 fully saturated rings. The molecule has 0 radical (unpaired) electrons. The number of rotatable bonds is 10. The molecule has 0 unspecified atom stereocenters. The Morgan fingerprint density at radius 2 is 1.64 bits per heavy atom. The van der Waals surface area contributed by atoms with E-state index in [0.717, 1.165) is 27.8 Å². The number of carbonyl (C=O) groups is 1. The molecule has 4 rings (SSSR count). The van der Waals surface area contributed by atoms with Crippen LogP contribution in [0.2, 0.25) is 0 Å². The first-order valence-electron chi connectivity index (χ1n) is 12.0. The summed E-state index contributed by atoms with van der Waals surface area (Å²) in [7, 11) is 3.24. The molecule has 6 nitrogen and oxygen atoms in total. The number of methoxy groups -OCH3 is 2. The molecule has 0 aliphatic heterocycles. The summed E-state index contributed by atoms with van der Waals surface area (Å²) in [6.45, 7) is 4.95. The molecule has 1 N–H and O–H groups in total. The molecular formula is C30H33NO5. The molecule has 1 aromatic heterocycles. The van der Waals surface area contributed by atoms with Crippen molar-refractivity contribution >= 4 is 23.0 Å². The lowest BCUT2D eigenvalue weighted by Gasteiger charge is -2.12. The molecule has 0 aliphatic carbocycles. The lowest BCUT2D eigenvalue weighted by molar-refractivity contribution is -0.116. The Kier molecular flexibility index (Phi) is 10.0. The quantitative estimate of drug-likeness (QED) is 0.261. The Labute approximate surface area is 212 Å². The second kappa shape index (κ2) is 13.6. The second-order valence-corrected chi connectivity index (χ2v) is 7.65. The molecular weight excluding hydrogens is 454 g/mol. The first-order chi connectivity index (χ1) is 17.7. The molecule has 0 saturated carbocycles. The normalized spacial score (nSPS) is 10.6. The van der Waals surface area contributed by atoms with Crippen LogP contribution >= 0.6 is 0 Å². The lowest BCUT2D eigenvalue weighted by Crippen LogP contribution is -2.23. The smallest absolute Gasteiger partial charge is 0.244 e. The van der Waals surface area contributed by atoms with Crippen LogP contribution in [-0.2, 0) is 17.8 Å². The minimum atomic E-state index is -0.176. The molecule has 1 heterocycles. The van der Waals surface area contributed by atoms with Crippen molar-refractivity contribution in [3.8, 4) is 17.2 Å². The van der Waals surface area contributed by atoms with Gasteiger partial charge in [-0.3, -0.25) is 4.79 Å². The SMILES string of the molecule is CC.COc1ccc(CCNC(=O)/C=C/c2ccc(OC)c3ccoc23)cc1OCc1ccccc1. The zero-order valence-corrected chi connectivity index (χ0v) is 21.2. The Hall–Kier alpha value is -4.19. The van der Waals surface area contributed by atoms with Crippen molar-refractivity contribution in [1.82, 2.24) is 5.32 Å². The summed E-state index contributed by atoms with van der Waals surface area (Å²) < 4.78 is 22.3. The fourth-order valence-corrected chi connectivity index (χ4v) is 3.65. The van der Waals surface area contributed by atoms with Crippen molar-refractivity contribution in [1.29, 1.82) is 0 Å². The molecule has 4 aromatic rings. The number of amides is 1. The van der Waals surface area contributed by atoms with E-state index < -0.39 is 0 Å². The zero-order valence-electron chi connectivity index (χ0n) is 21.2. The van der Waals surface area contributed by atoms with Gasteiger partial charge < -0.3 is 23.9 Å². The number of ether oxygens (including phenoxy) is 3. The molecule has 1 amide bonds. The van der Waals surface area contributed by atoms with Crippen LogP contribution in [0.5, 0.6) is 17.2 Å². The van der Waals surface area contributed by atoms with Gasteiger partial charge in [0.25, 0.3) is 0 Å². The molecule has 0 saturated heterocycles. The van der Waals surface area contributed by atoms with Crippen molar-refractivity contribution < 1.29 is 23.4 Å². The molecule has 36 heavy (non-hydrogen) atoms. The van der Waals surface area contributed by atoms with Gasteiger partial charge in [-0.1, -0.05) is 50.2 Å². The largest absolute Gasteiger partial charge is 0.496 e. The van der Waals surface area contributed by atoms with Crippen molar-refractivity contribution in [2.24, 2.45) is 0 Å². The number of nitrogens with one attached hydrogen (secondary N) is 1. The van der Waals surface area contributed by atoms with Crippen LogP contribution in [0.1, 0.15) is 30.5 Å². The summed E-state index contributed by atoms with van der Waals surface area (Å²) in [4.78, 5) is 12.3. The van der Waals surface area contributed by atoms with Crippen LogP contribution in [0.3, 0.4) is 0 Å². The Morgan fingerprint density at radius 3 is 2.39 bits per heavy atom. The van der Waals surface area contributed by atoms with Crippen LogP contribution < -0.4 is 19.5 Å². The van der Waals surface area contributed by atoms with Gasteiger partial charge in [0.2, 0.25) is 5.91 Å². The monoisotopic (exact) mass is 487 g/mol. The van der Waals surface area contributed by atoms with Gasteiger partial charge in [0.05, 0.1) is 25.9 Å². The summed E-state index contributed by atoms with van der Waals surface area (Å²) in [5.41, 5.74) is 3.62. The number of benzene rings is 3. The van der Waals surface area contributed by atoms with Crippen molar-refractivity contribution in [3.63, 3.8) is 0 Å². The molecule has 0 atom stereocenters. The minimum Gasteiger partial charge on any atom is -0.496 e. The predicted molar refractivity (Wildman–Crippen MR) is 144 cm³/mol. The first-order valence-corrected chi connectivity index (χ1v) is 12.0. The maximum atomic E-state index is 12.3. The van der Waals surface area contributed by atoms with Gasteiger partial charge in [-0.2, -0.15) is 0 Å². The predicted octanol–water partition coefficient (Wildman–Crippen LogP) is 6.43. The van der Waals surface area contributed by atoms with E-state index in [0.29, 0.717) is 36.7 Å². The average molecular weight is 488 g/mol. The van der Waals surface area contributed by atoms with Crippen LogP contribution in [0.25, 0.3) is 17.0 Å². The molecule has 3 aromatic carbocycles. The lowest BCUT2D eigenvalue weighted by atomic mass is 10.1. The van der Waals surface area contributed by atoms with Crippen LogP contribution in [0, 0.1) is 0 Å². The fourth-order valence-electron chi connectivity index (χ4n) is 3.65. The van der Waals surface area contributed by atoms with Crippen LogP contribution in [0.4, 0.5) is 0 Å². The van der Waals surface area contributed by atoms with E-state index in [4.69, 9.17) is 18.6 Å². The van der Waals surface area contributed by atoms with Crippen LogP contribution in [-0.4, -0.2) is 26.7 Å². The number of furan rings is 1. The Balaban J connectivity index is 0.00000176. The summed E-state index contributed by atoms with van der Waals surface area (Å²) in [6.07, 6.45) is 5.52. The van der Waals surface area contributed by atoms with Crippen LogP contribution in [0.15, 0.2) is 83.5 Å². The summed E-state index contributed by atoms with van der Waals surface area (Å²) in [6, 6.07) is 21.3. The van der Waals surface area contributed by atoms with E-state index in [2.05, 4.69) is 5.32 Å². The number of hydrogen-bond acceptors (Lipinski definition) is 5. The van der Waals surface area contributed by atoms with Gasteiger partial charge in [-0.25, -0.2) is 0 Å².